The van der Waals surface area contributed by atoms with Gasteiger partial charge in [-0.05, 0) is 42.0 Å². The van der Waals surface area contributed by atoms with Crippen molar-refractivity contribution < 1.29 is 14.3 Å². The van der Waals surface area contributed by atoms with Crippen LogP contribution >= 0.6 is 0 Å². The number of carbonyl (C=O) groups excluding carboxylic acids is 2. The Balaban J connectivity index is 1.61. The van der Waals surface area contributed by atoms with Crippen LogP contribution in [0.15, 0.2) is 54.6 Å². The smallest absolute Gasteiger partial charge is 0.258 e. The number of ether oxygens (including phenoxy) is 1. The predicted molar refractivity (Wildman–Crippen MR) is 109 cm³/mol. The lowest BCUT2D eigenvalue weighted by Crippen LogP contribution is -2.51. The molecule has 5 heteroatoms. The first-order chi connectivity index (χ1) is 13.5. The van der Waals surface area contributed by atoms with Gasteiger partial charge in [-0.15, -0.1) is 0 Å². The van der Waals surface area contributed by atoms with Crippen LogP contribution in [0.2, 0.25) is 0 Å². The minimum Gasteiger partial charge on any atom is -0.484 e. The van der Waals surface area contributed by atoms with Gasteiger partial charge in [0.05, 0.1) is 0 Å². The van der Waals surface area contributed by atoms with Crippen LogP contribution in [0, 0.1) is 5.92 Å². The zero-order valence-electron chi connectivity index (χ0n) is 16.6. The molecule has 0 unspecified atom stereocenters. The van der Waals surface area contributed by atoms with E-state index in [1.54, 1.807) is 12.1 Å². The number of benzene rings is 2. The highest BCUT2D eigenvalue weighted by Crippen LogP contribution is 2.20. The van der Waals surface area contributed by atoms with Crippen LogP contribution in [0.1, 0.15) is 31.4 Å². The third-order valence-corrected chi connectivity index (χ3v) is 4.90. The summed E-state index contributed by atoms with van der Waals surface area (Å²) in [6.07, 6.45) is 1.45. The number of amides is 2. The Kier molecular flexibility index (Phi) is 6.69. The largest absolute Gasteiger partial charge is 0.484 e. The molecule has 148 valence electrons. The Morgan fingerprint density at radius 2 is 1.71 bits per heavy atom. The van der Waals surface area contributed by atoms with E-state index in [1.165, 1.54) is 11.1 Å². The van der Waals surface area contributed by atoms with E-state index in [2.05, 4.69) is 31.3 Å². The molecule has 0 bridgehead atoms. The quantitative estimate of drug-likeness (QED) is 0.803. The van der Waals surface area contributed by atoms with E-state index >= 15 is 0 Å². The molecule has 3 rings (SSSR count). The van der Waals surface area contributed by atoms with Crippen molar-refractivity contribution in [3.05, 3.63) is 65.7 Å². The van der Waals surface area contributed by atoms with Crippen molar-refractivity contribution in [2.75, 3.05) is 13.2 Å². The van der Waals surface area contributed by atoms with E-state index in [0.717, 1.165) is 6.42 Å². The Bertz CT molecular complexity index is 805. The average Bonchev–Trinajstić information content (AvgIpc) is 2.71. The van der Waals surface area contributed by atoms with Crippen LogP contribution in [0.25, 0.3) is 0 Å². The molecule has 2 aromatic carbocycles. The third-order valence-electron chi connectivity index (χ3n) is 4.90. The minimum absolute atomic E-state index is 0.0173. The fourth-order valence-electron chi connectivity index (χ4n) is 3.50. The first-order valence-electron chi connectivity index (χ1n) is 9.85. The molecule has 0 saturated carbocycles. The summed E-state index contributed by atoms with van der Waals surface area (Å²) in [5, 5.41) is 2.88. The first kappa shape index (κ1) is 19.9. The summed E-state index contributed by atoms with van der Waals surface area (Å²) in [5.41, 5.74) is 2.48. The third kappa shape index (κ3) is 5.35. The van der Waals surface area contributed by atoms with Gasteiger partial charge in [-0.2, -0.15) is 0 Å². The highest BCUT2D eigenvalue weighted by Gasteiger charge is 2.29. The number of hydrogen-bond acceptors (Lipinski definition) is 3. The van der Waals surface area contributed by atoms with E-state index in [-0.39, 0.29) is 18.4 Å². The lowest BCUT2D eigenvalue weighted by molar-refractivity contribution is -0.138. The van der Waals surface area contributed by atoms with Crippen LogP contribution < -0.4 is 10.1 Å². The molecule has 0 aromatic heterocycles. The van der Waals surface area contributed by atoms with Crippen LogP contribution in [-0.2, 0) is 22.6 Å². The summed E-state index contributed by atoms with van der Waals surface area (Å²) in [5.74, 6) is 0.634. The van der Waals surface area contributed by atoms with Gasteiger partial charge in [0.2, 0.25) is 5.91 Å². The van der Waals surface area contributed by atoms with Crippen molar-refractivity contribution in [1.82, 2.24) is 10.2 Å². The van der Waals surface area contributed by atoms with Gasteiger partial charge in [0.15, 0.2) is 6.61 Å². The summed E-state index contributed by atoms with van der Waals surface area (Å²) in [7, 11) is 0. The molecular formula is C23H28N2O3. The maximum atomic E-state index is 13.1. The van der Waals surface area contributed by atoms with Crippen LogP contribution in [0.4, 0.5) is 0 Å². The second-order valence-electron chi connectivity index (χ2n) is 7.63. The molecule has 1 atom stereocenters. The van der Waals surface area contributed by atoms with Gasteiger partial charge in [0, 0.05) is 13.1 Å². The Morgan fingerprint density at radius 1 is 1.04 bits per heavy atom. The summed E-state index contributed by atoms with van der Waals surface area (Å²) in [6.45, 7) is 5.28. The molecule has 1 N–H and O–H groups in total. The number of nitrogens with one attached hydrogen (secondary N) is 1. The summed E-state index contributed by atoms with van der Waals surface area (Å²) in [4.78, 5) is 27.4. The molecule has 28 heavy (non-hydrogen) atoms. The number of rotatable bonds is 7. The fraction of sp³-hybridized carbons (Fsp3) is 0.391. The topological polar surface area (TPSA) is 58.6 Å². The zero-order chi connectivity index (χ0) is 19.9. The van der Waals surface area contributed by atoms with Crippen molar-refractivity contribution >= 4 is 11.8 Å². The number of fused-ring (bicyclic) bond motifs is 1. The Hall–Kier alpha value is -2.82. The van der Waals surface area contributed by atoms with Gasteiger partial charge >= 0.3 is 0 Å². The van der Waals surface area contributed by atoms with Crippen molar-refractivity contribution in [3.8, 4) is 5.75 Å². The lowest BCUT2D eigenvalue weighted by atomic mass is 9.97. The number of para-hydroxylation sites is 1. The molecule has 2 amide bonds. The molecule has 1 heterocycles. The maximum Gasteiger partial charge on any atom is 0.258 e. The number of carbonyl (C=O) groups is 2. The summed E-state index contributed by atoms with van der Waals surface area (Å²) in [6, 6.07) is 16.9. The highest BCUT2D eigenvalue weighted by atomic mass is 16.5. The second-order valence-corrected chi connectivity index (χ2v) is 7.63. The molecule has 1 aliphatic heterocycles. The zero-order valence-corrected chi connectivity index (χ0v) is 16.6. The van der Waals surface area contributed by atoms with Gasteiger partial charge in [0.1, 0.15) is 11.8 Å². The fourth-order valence-corrected chi connectivity index (χ4v) is 3.50. The van der Waals surface area contributed by atoms with Gasteiger partial charge < -0.3 is 15.0 Å². The van der Waals surface area contributed by atoms with Crippen LogP contribution in [0.3, 0.4) is 0 Å². The van der Waals surface area contributed by atoms with Crippen LogP contribution in [0.5, 0.6) is 5.75 Å². The summed E-state index contributed by atoms with van der Waals surface area (Å²) < 4.78 is 5.51. The number of nitrogens with zero attached hydrogens (tertiary/aromatic N) is 1. The Morgan fingerprint density at radius 3 is 2.43 bits per heavy atom. The number of hydrogen-bond donors (Lipinski definition) is 1. The van der Waals surface area contributed by atoms with Crippen molar-refractivity contribution in [1.29, 1.82) is 0 Å². The summed E-state index contributed by atoms with van der Waals surface area (Å²) >= 11 is 0. The van der Waals surface area contributed by atoms with E-state index in [1.807, 2.05) is 35.2 Å². The molecule has 0 spiro atoms. The maximum absolute atomic E-state index is 13.1. The standard InChI is InChI=1S/C23H28N2O3/c1-17(2)14-21(24-22(26)16-28-20-10-4-3-5-11-20)23(27)25-13-12-18-8-6-7-9-19(18)15-25/h3-11,17,21H,12-16H2,1-2H3,(H,24,26)/t21-/m1/s1. The van der Waals surface area contributed by atoms with E-state index in [0.29, 0.717) is 31.2 Å². The molecular weight excluding hydrogens is 352 g/mol. The molecule has 2 aromatic rings. The van der Waals surface area contributed by atoms with Crippen molar-refractivity contribution in [2.24, 2.45) is 5.92 Å². The van der Waals surface area contributed by atoms with Gasteiger partial charge in [-0.1, -0.05) is 56.3 Å². The van der Waals surface area contributed by atoms with E-state index in [9.17, 15) is 9.59 Å². The molecule has 0 saturated heterocycles. The van der Waals surface area contributed by atoms with E-state index in [4.69, 9.17) is 4.74 Å². The lowest BCUT2D eigenvalue weighted by Gasteiger charge is -2.32. The van der Waals surface area contributed by atoms with Crippen molar-refractivity contribution in [3.63, 3.8) is 0 Å². The molecule has 0 radical (unpaired) electrons. The SMILES string of the molecule is CC(C)C[C@@H](NC(=O)COc1ccccc1)C(=O)N1CCc2ccccc2C1. The predicted octanol–water partition coefficient (Wildman–Crippen LogP) is 3.18. The monoisotopic (exact) mass is 380 g/mol. The highest BCUT2D eigenvalue weighted by molar-refractivity contribution is 5.88. The van der Waals surface area contributed by atoms with Crippen molar-refractivity contribution in [2.45, 2.75) is 39.3 Å². The molecule has 0 fully saturated rings. The average molecular weight is 380 g/mol. The minimum atomic E-state index is -0.530. The van der Waals surface area contributed by atoms with Gasteiger partial charge in [0.25, 0.3) is 5.91 Å². The molecule has 5 nitrogen and oxygen atoms in total. The van der Waals surface area contributed by atoms with Gasteiger partial charge in [-0.3, -0.25) is 9.59 Å². The molecule has 0 aliphatic carbocycles. The Labute approximate surface area is 166 Å². The van der Waals surface area contributed by atoms with Gasteiger partial charge in [-0.25, -0.2) is 0 Å². The van der Waals surface area contributed by atoms with Crippen LogP contribution in [-0.4, -0.2) is 35.9 Å². The van der Waals surface area contributed by atoms with E-state index < -0.39 is 6.04 Å². The first-order valence-corrected chi connectivity index (χ1v) is 9.85. The normalized spacial score (nSPS) is 14.3. The molecule has 1 aliphatic rings. The second kappa shape index (κ2) is 9.40.